The third-order valence-electron chi connectivity index (χ3n) is 9.01. The minimum absolute atomic E-state index is 0.446. The van der Waals surface area contributed by atoms with Crippen LogP contribution in [-0.4, -0.2) is 21.1 Å². The molecule has 1 atom stereocenters. The molecular formula is C41H37BN3S2+. The predicted octanol–water partition coefficient (Wildman–Crippen LogP) is 10.8. The van der Waals surface area contributed by atoms with Gasteiger partial charge in [-0.3, -0.25) is 0 Å². The Morgan fingerprint density at radius 2 is 1.53 bits per heavy atom. The minimum Gasteiger partial charge on any atom is -0.409 e. The predicted molar refractivity (Wildman–Crippen MR) is 204 cm³/mol. The summed E-state index contributed by atoms with van der Waals surface area (Å²) in [6.07, 6.45) is 10.7. The van der Waals surface area contributed by atoms with Gasteiger partial charge in [-0.2, -0.15) is 5.26 Å². The zero-order valence-electron chi connectivity index (χ0n) is 27.3. The van der Waals surface area contributed by atoms with Crippen LogP contribution in [0.25, 0.3) is 35.5 Å². The number of nitrogens with zero attached hydrogens (tertiary/aromatic N) is 3. The molecule has 0 N–H and O–H groups in total. The maximum atomic E-state index is 9.32. The molecule has 0 fully saturated rings. The number of benzene rings is 2. The molecule has 3 nitrogen and oxygen atoms in total. The molecule has 0 radical (unpaired) electrons. The fraction of sp³-hybridized carbons (Fsp3) is 0.146. The lowest BCUT2D eigenvalue weighted by atomic mass is 9.48. The topological polar surface area (TPSA) is 31.7 Å². The average Bonchev–Trinajstić information content (AvgIpc) is 3.88. The van der Waals surface area contributed by atoms with E-state index in [-0.39, 0.29) is 0 Å². The second kappa shape index (κ2) is 12.4. The fourth-order valence-electron chi connectivity index (χ4n) is 6.93. The third kappa shape index (κ3) is 5.71. The van der Waals surface area contributed by atoms with Crippen molar-refractivity contribution in [3.8, 4) is 6.07 Å². The second-order valence-corrected chi connectivity index (χ2v) is 15.0. The Kier molecular flexibility index (Phi) is 8.14. The largest absolute Gasteiger partial charge is 0.557 e. The van der Waals surface area contributed by atoms with Gasteiger partial charge in [0.1, 0.15) is 0 Å². The van der Waals surface area contributed by atoms with Gasteiger partial charge in [0.2, 0.25) is 0 Å². The smallest absolute Gasteiger partial charge is 0.409 e. The van der Waals surface area contributed by atoms with E-state index in [0.717, 1.165) is 17.7 Å². The van der Waals surface area contributed by atoms with Crippen LogP contribution in [-0.2, 0) is 0 Å². The van der Waals surface area contributed by atoms with Crippen molar-refractivity contribution in [2.24, 2.45) is 5.92 Å². The molecule has 2 aliphatic heterocycles. The minimum atomic E-state index is -1.56. The van der Waals surface area contributed by atoms with Gasteiger partial charge in [-0.15, -0.1) is 22.7 Å². The van der Waals surface area contributed by atoms with E-state index in [0.29, 0.717) is 11.5 Å². The van der Waals surface area contributed by atoms with Crippen LogP contribution in [0.15, 0.2) is 101 Å². The standard InChI is InChI=1S/C41H37BN3S2/c1-28(2)24-36-40-33(20-18-31-14-16-32(27-43)17-15-31)25-34(21-19-30-12-10-29(3)11-13-30)44(40)42(4,5)45-37(39-9-7-23-47-39)26-35(41(36)45)38-8-6-22-46-38/h6-23,25-26,28H,4,24H2,1-3,5H3/q+1/b20-18+,21-19+. The highest BCUT2D eigenvalue weighted by atomic mass is 32.1. The van der Waals surface area contributed by atoms with Gasteiger partial charge in [-0.05, 0) is 96.8 Å². The molecule has 5 heterocycles. The quantitative estimate of drug-likeness (QED) is 0.122. The first-order valence-corrected chi connectivity index (χ1v) is 18.0. The maximum Gasteiger partial charge on any atom is 0.557 e. The first-order valence-electron chi connectivity index (χ1n) is 16.2. The Bertz CT molecular complexity index is 2140. The molecule has 230 valence electrons. The molecule has 0 aliphatic carbocycles. The van der Waals surface area contributed by atoms with Crippen LogP contribution in [0.4, 0.5) is 0 Å². The molecule has 0 saturated heterocycles. The van der Waals surface area contributed by atoms with Gasteiger partial charge in [0.15, 0.2) is 11.4 Å². The number of allylic oxidation sites excluding steroid dienone is 3. The van der Waals surface area contributed by atoms with E-state index < -0.39 is 6.42 Å². The van der Waals surface area contributed by atoms with E-state index in [1.807, 2.05) is 24.3 Å². The molecule has 0 saturated carbocycles. The highest BCUT2D eigenvalue weighted by Gasteiger charge is 2.53. The first kappa shape index (κ1) is 30.8. The van der Waals surface area contributed by atoms with Gasteiger partial charge in [-0.25, -0.2) is 0 Å². The number of aromatic nitrogens is 1. The molecule has 1 unspecified atom stereocenters. The van der Waals surface area contributed by atoms with Crippen LogP contribution < -0.4 is 0 Å². The lowest BCUT2D eigenvalue weighted by molar-refractivity contribution is -0.329. The van der Waals surface area contributed by atoms with Crippen molar-refractivity contribution in [1.82, 2.24) is 4.48 Å². The molecule has 7 rings (SSSR count). The number of nitriles is 1. The van der Waals surface area contributed by atoms with Crippen molar-refractivity contribution < 1.29 is 4.49 Å². The van der Waals surface area contributed by atoms with Gasteiger partial charge >= 0.3 is 6.42 Å². The van der Waals surface area contributed by atoms with Crippen molar-refractivity contribution in [2.75, 3.05) is 0 Å². The first-order chi connectivity index (χ1) is 22.7. The fourth-order valence-corrected chi connectivity index (χ4v) is 8.41. The molecule has 47 heavy (non-hydrogen) atoms. The van der Waals surface area contributed by atoms with E-state index >= 15 is 0 Å². The Labute approximate surface area is 286 Å². The van der Waals surface area contributed by atoms with Crippen molar-refractivity contribution in [1.29, 1.82) is 5.26 Å². The number of hydrogen-bond donors (Lipinski definition) is 0. The molecule has 0 bridgehead atoms. The molecule has 2 aliphatic rings. The van der Waals surface area contributed by atoms with Crippen molar-refractivity contribution in [2.45, 2.75) is 34.0 Å². The van der Waals surface area contributed by atoms with Crippen LogP contribution >= 0.6 is 22.7 Å². The number of aryl methyl sites for hydroxylation is 1. The van der Waals surface area contributed by atoms with Crippen LogP contribution in [0.5, 0.6) is 0 Å². The molecule has 0 spiro atoms. The lowest BCUT2D eigenvalue weighted by Gasteiger charge is -2.35. The molecular weight excluding hydrogens is 609 g/mol. The number of thiophene rings is 2. The summed E-state index contributed by atoms with van der Waals surface area (Å²) < 4.78 is 5.08. The zero-order valence-corrected chi connectivity index (χ0v) is 28.9. The summed E-state index contributed by atoms with van der Waals surface area (Å²) in [4.78, 5) is 2.53. The Hall–Kier alpha value is -4.83. The lowest BCUT2D eigenvalue weighted by Crippen LogP contribution is -2.54. The van der Waals surface area contributed by atoms with E-state index in [4.69, 9.17) is 6.82 Å². The summed E-state index contributed by atoms with van der Waals surface area (Å²) in [5.74, 6) is 0.446. The van der Waals surface area contributed by atoms with E-state index in [2.05, 4.69) is 138 Å². The molecule has 2 aromatic carbocycles. The van der Waals surface area contributed by atoms with E-state index in [9.17, 15) is 5.26 Å². The zero-order chi connectivity index (χ0) is 32.7. The molecule has 6 heteroatoms. The van der Waals surface area contributed by atoms with Crippen LogP contribution in [0.3, 0.4) is 0 Å². The summed E-state index contributed by atoms with van der Waals surface area (Å²) in [5.41, 5.74) is 12.8. The Balaban J connectivity index is 1.51. The van der Waals surface area contributed by atoms with Crippen molar-refractivity contribution in [3.63, 3.8) is 0 Å². The molecule has 3 aromatic heterocycles. The van der Waals surface area contributed by atoms with Crippen LogP contribution in [0.1, 0.15) is 69.2 Å². The molecule has 5 aromatic rings. The van der Waals surface area contributed by atoms with E-state index in [1.54, 1.807) is 22.7 Å². The summed E-state index contributed by atoms with van der Waals surface area (Å²) in [6, 6.07) is 29.8. The maximum absolute atomic E-state index is 9.32. The number of hydrogen-bond acceptors (Lipinski definition) is 3. The van der Waals surface area contributed by atoms with Gasteiger partial charge in [0.05, 0.1) is 22.1 Å². The third-order valence-corrected chi connectivity index (χ3v) is 10.8. The average molecular weight is 647 g/mol. The summed E-state index contributed by atoms with van der Waals surface area (Å²) in [7, 11) is 0. The van der Waals surface area contributed by atoms with Gasteiger partial charge < -0.3 is 8.96 Å². The Morgan fingerprint density at radius 1 is 0.894 bits per heavy atom. The molecule has 0 amide bonds. The van der Waals surface area contributed by atoms with Crippen molar-refractivity contribution >= 4 is 70.3 Å². The Morgan fingerprint density at radius 3 is 2.15 bits per heavy atom. The van der Waals surface area contributed by atoms with E-state index in [1.165, 1.54) is 54.7 Å². The highest BCUT2D eigenvalue weighted by molar-refractivity contribution is 7.12. The summed E-state index contributed by atoms with van der Waals surface area (Å²) in [6.45, 7) is 14.1. The second-order valence-electron chi connectivity index (χ2n) is 13.2. The number of fused-ring (bicyclic) bond motifs is 2. The summed E-state index contributed by atoms with van der Waals surface area (Å²) >= 11 is 3.58. The van der Waals surface area contributed by atoms with Gasteiger partial charge in [0.25, 0.3) is 0 Å². The van der Waals surface area contributed by atoms with Crippen LogP contribution in [0.2, 0.25) is 6.82 Å². The van der Waals surface area contributed by atoms with Gasteiger partial charge in [-0.1, -0.05) is 86.2 Å². The van der Waals surface area contributed by atoms with Crippen molar-refractivity contribution in [3.05, 3.63) is 157 Å². The summed E-state index contributed by atoms with van der Waals surface area (Å²) in [5, 5.41) is 13.7. The number of rotatable bonds is 8. The SMILES string of the molecule is [CH2+][B-]1(C)n2c(/C=C/c3ccc(C)cc3)cc(/C=C/c3ccc(C#N)cc3)c2C(CC(C)C)=C2C(c3cccs3)=CC(c3cccs3)=[N+]21. The monoisotopic (exact) mass is 646 g/mol. The normalized spacial score (nSPS) is 17.6. The highest BCUT2D eigenvalue weighted by Crippen LogP contribution is 2.47. The van der Waals surface area contributed by atoms with Crippen LogP contribution in [0, 0.1) is 31.0 Å². The van der Waals surface area contributed by atoms with Gasteiger partial charge in [0, 0.05) is 27.9 Å².